The molecule has 0 aromatic carbocycles. The fourth-order valence-corrected chi connectivity index (χ4v) is 9.61. The number of hydrogen-bond donors (Lipinski definition) is 2. The van der Waals surface area contributed by atoms with Gasteiger partial charge >= 0.3 is 5.97 Å². The minimum atomic E-state index is -0.915. The molecule has 0 amide bonds. The molecule has 0 spiro atoms. The average Bonchev–Trinajstić information content (AvgIpc) is 3.62. The molecule has 0 aromatic heterocycles. The quantitative estimate of drug-likeness (QED) is 0.307. The van der Waals surface area contributed by atoms with E-state index in [2.05, 4.69) is 51.1 Å². The monoisotopic (exact) mass is 673 g/mol. The number of Topliss-reactive ketones (excluding diaryl/α,β-unsaturated/α-hetero) is 1. The van der Waals surface area contributed by atoms with Crippen LogP contribution in [0.4, 0.5) is 0 Å². The zero-order valence-electron chi connectivity index (χ0n) is 29.7. The molecule has 2 N–H and O–H groups in total. The maximum atomic E-state index is 14.5. The summed E-state index contributed by atoms with van der Waals surface area (Å²) in [4.78, 5) is 30.1. The summed E-state index contributed by atoms with van der Waals surface area (Å²) in [7, 11) is 4.16. The number of ketones is 1. The standard InChI is InChI=1S/C38H59NO9/c1-7-24-9-8-10-33(48-35-14-13-31(39(5)6)21(3)44-35)20(2)37(42)30-17-28-26(29(30)18-34(41)46-24)12-11-23-15-25(16-27(23)28)47-36-19-32(40)38(43)22(4)45-36/h11-12,17,20-29,31-33,35-36,38,40,43H,7-10,13-16,18-19H2,1-6H3/t20-,21-,22+,23?,24+,25?,26?,27?,28?,29?,31-,32-,33?,35?,36-,38+/m1/s1. The Morgan fingerprint density at radius 1 is 0.896 bits per heavy atom. The van der Waals surface area contributed by atoms with E-state index in [4.69, 9.17) is 23.7 Å². The Kier molecular flexibility index (Phi) is 11.5. The Hall–Kier alpha value is -1.66. The van der Waals surface area contributed by atoms with Gasteiger partial charge in [-0.15, -0.1) is 0 Å². The van der Waals surface area contributed by atoms with Gasteiger partial charge in [-0.3, -0.25) is 9.59 Å². The number of nitrogens with zero attached hydrogens (tertiary/aromatic N) is 1. The van der Waals surface area contributed by atoms with Gasteiger partial charge in [0.15, 0.2) is 18.4 Å². The summed E-state index contributed by atoms with van der Waals surface area (Å²) < 4.78 is 31.3. The van der Waals surface area contributed by atoms with Crippen molar-refractivity contribution in [2.75, 3.05) is 14.1 Å². The second-order valence-electron chi connectivity index (χ2n) is 15.8. The van der Waals surface area contributed by atoms with Crippen LogP contribution in [0.15, 0.2) is 23.8 Å². The summed E-state index contributed by atoms with van der Waals surface area (Å²) in [6, 6.07) is 0.337. The summed E-state index contributed by atoms with van der Waals surface area (Å²) in [5, 5.41) is 20.4. The molecule has 16 atom stereocenters. The van der Waals surface area contributed by atoms with E-state index in [0.717, 1.165) is 50.5 Å². The van der Waals surface area contributed by atoms with Gasteiger partial charge < -0.3 is 38.8 Å². The predicted octanol–water partition coefficient (Wildman–Crippen LogP) is 4.55. The summed E-state index contributed by atoms with van der Waals surface area (Å²) in [6.07, 6.45) is 9.88. The molecule has 1 saturated carbocycles. The number of likely N-dealkylation sites (N-methyl/N-ethyl adjacent to an activating group) is 1. The average molecular weight is 674 g/mol. The Morgan fingerprint density at radius 2 is 1.67 bits per heavy atom. The Bertz CT molecular complexity index is 1190. The first-order valence-electron chi connectivity index (χ1n) is 18.7. The molecule has 270 valence electrons. The number of esters is 1. The fourth-order valence-electron chi connectivity index (χ4n) is 9.61. The number of aliphatic hydroxyl groups excluding tert-OH is 2. The fraction of sp³-hybridized carbons (Fsp3) is 0.842. The lowest BCUT2D eigenvalue weighted by Gasteiger charge is -2.40. The first kappa shape index (κ1) is 36.1. The van der Waals surface area contributed by atoms with Crippen molar-refractivity contribution in [1.29, 1.82) is 0 Å². The maximum Gasteiger partial charge on any atom is 0.306 e. The molecule has 0 bridgehead atoms. The van der Waals surface area contributed by atoms with E-state index in [9.17, 15) is 19.8 Å². The van der Waals surface area contributed by atoms with Crippen LogP contribution in [-0.4, -0.2) is 102 Å². The largest absolute Gasteiger partial charge is 0.462 e. The van der Waals surface area contributed by atoms with E-state index in [1.807, 2.05) is 6.92 Å². The normalized spacial score (nSPS) is 47.0. The van der Waals surface area contributed by atoms with Gasteiger partial charge in [-0.1, -0.05) is 32.1 Å². The number of rotatable bonds is 6. The molecule has 10 nitrogen and oxygen atoms in total. The Labute approximate surface area is 286 Å². The van der Waals surface area contributed by atoms with Crippen molar-refractivity contribution in [1.82, 2.24) is 4.90 Å². The van der Waals surface area contributed by atoms with Crippen LogP contribution in [0.2, 0.25) is 0 Å². The molecule has 3 aliphatic heterocycles. The van der Waals surface area contributed by atoms with Crippen molar-refractivity contribution in [3.8, 4) is 0 Å². The van der Waals surface area contributed by atoms with Crippen LogP contribution in [0.5, 0.6) is 0 Å². The molecule has 0 radical (unpaired) electrons. The van der Waals surface area contributed by atoms with E-state index >= 15 is 0 Å². The van der Waals surface area contributed by atoms with E-state index < -0.39 is 24.6 Å². The zero-order valence-corrected chi connectivity index (χ0v) is 29.7. The molecular formula is C38H59NO9. The molecule has 48 heavy (non-hydrogen) atoms. The third kappa shape index (κ3) is 7.65. The molecule has 4 fully saturated rings. The summed E-state index contributed by atoms with van der Waals surface area (Å²) in [5.74, 6) is -0.0315. The van der Waals surface area contributed by atoms with Gasteiger partial charge in [0.05, 0.1) is 36.9 Å². The summed E-state index contributed by atoms with van der Waals surface area (Å²) >= 11 is 0. The minimum absolute atomic E-state index is 0.0358. The van der Waals surface area contributed by atoms with Gasteiger partial charge in [0.2, 0.25) is 0 Å². The third-order valence-electron chi connectivity index (χ3n) is 12.4. The molecular weight excluding hydrogens is 614 g/mol. The molecule has 3 heterocycles. The van der Waals surface area contributed by atoms with E-state index in [1.165, 1.54) is 0 Å². The first-order valence-corrected chi connectivity index (χ1v) is 18.7. The molecule has 6 aliphatic rings. The number of aliphatic hydroxyl groups is 2. The molecule has 3 aliphatic carbocycles. The highest BCUT2D eigenvalue weighted by Crippen LogP contribution is 2.54. The molecule has 8 unspecified atom stereocenters. The van der Waals surface area contributed by atoms with Crippen LogP contribution in [0, 0.1) is 35.5 Å². The first-order chi connectivity index (χ1) is 22.9. The zero-order chi connectivity index (χ0) is 34.3. The highest BCUT2D eigenvalue weighted by atomic mass is 16.7. The molecule has 6 rings (SSSR count). The van der Waals surface area contributed by atoms with Crippen LogP contribution >= 0.6 is 0 Å². The van der Waals surface area contributed by atoms with E-state index in [0.29, 0.717) is 18.4 Å². The third-order valence-corrected chi connectivity index (χ3v) is 12.4. The number of ether oxygens (including phenoxy) is 5. The van der Waals surface area contributed by atoms with Crippen LogP contribution in [0.25, 0.3) is 0 Å². The highest BCUT2D eigenvalue weighted by molar-refractivity contribution is 5.99. The van der Waals surface area contributed by atoms with Crippen molar-refractivity contribution in [3.05, 3.63) is 23.8 Å². The second kappa shape index (κ2) is 15.3. The predicted molar refractivity (Wildman–Crippen MR) is 178 cm³/mol. The lowest BCUT2D eigenvalue weighted by Crippen LogP contribution is -2.48. The van der Waals surface area contributed by atoms with Gasteiger partial charge in [-0.25, -0.2) is 0 Å². The van der Waals surface area contributed by atoms with Crippen molar-refractivity contribution in [2.45, 2.75) is 153 Å². The molecule has 0 aromatic rings. The molecule has 3 saturated heterocycles. The van der Waals surface area contributed by atoms with Crippen LogP contribution in [0.1, 0.15) is 91.9 Å². The number of cyclic esters (lactones) is 1. The topological polar surface area (TPSA) is 124 Å². The lowest BCUT2D eigenvalue weighted by atomic mass is 9.70. The van der Waals surface area contributed by atoms with Crippen molar-refractivity contribution in [2.24, 2.45) is 35.5 Å². The van der Waals surface area contributed by atoms with Gasteiger partial charge in [0.1, 0.15) is 12.2 Å². The molecule has 10 heteroatoms. The van der Waals surface area contributed by atoms with Crippen molar-refractivity contribution in [3.63, 3.8) is 0 Å². The minimum Gasteiger partial charge on any atom is -0.462 e. The number of fused-ring (bicyclic) bond motifs is 5. The Morgan fingerprint density at radius 3 is 2.38 bits per heavy atom. The smallest absolute Gasteiger partial charge is 0.306 e. The number of carbonyl (C=O) groups is 2. The van der Waals surface area contributed by atoms with Gasteiger partial charge in [-0.2, -0.15) is 0 Å². The number of carbonyl (C=O) groups excluding carboxylic acids is 2. The van der Waals surface area contributed by atoms with E-state index in [1.54, 1.807) is 6.92 Å². The second-order valence-corrected chi connectivity index (χ2v) is 15.8. The lowest BCUT2D eigenvalue weighted by molar-refractivity contribution is -0.259. The van der Waals surface area contributed by atoms with E-state index in [-0.39, 0.29) is 84.9 Å². The Balaban J connectivity index is 1.20. The van der Waals surface area contributed by atoms with Crippen LogP contribution in [0.3, 0.4) is 0 Å². The summed E-state index contributed by atoms with van der Waals surface area (Å²) in [5.41, 5.74) is 0.749. The summed E-state index contributed by atoms with van der Waals surface area (Å²) in [6.45, 7) is 7.91. The van der Waals surface area contributed by atoms with Crippen LogP contribution in [-0.2, 0) is 33.3 Å². The van der Waals surface area contributed by atoms with Gasteiger partial charge in [0.25, 0.3) is 0 Å². The van der Waals surface area contributed by atoms with Gasteiger partial charge in [0, 0.05) is 24.3 Å². The van der Waals surface area contributed by atoms with Gasteiger partial charge in [-0.05, 0) is 109 Å². The highest BCUT2D eigenvalue weighted by Gasteiger charge is 2.51. The van der Waals surface area contributed by atoms with Crippen molar-refractivity contribution >= 4 is 11.8 Å². The SMILES string of the molecule is CC[C@H]1CCCC(OC2CC[C@@H](N(C)C)[C@@H](C)O2)[C@@H](C)C(=O)C2=CC3C(C=CC4CC(O[C@@H]5C[C@@H](O)[C@@H](O)[C@H](C)O5)CC43)C2CC(=O)O1. The van der Waals surface area contributed by atoms with Crippen molar-refractivity contribution < 1.29 is 43.5 Å². The number of hydrogen-bond acceptors (Lipinski definition) is 10. The number of allylic oxidation sites excluding steroid dienone is 4. The van der Waals surface area contributed by atoms with Crippen LogP contribution < -0.4 is 0 Å². The maximum absolute atomic E-state index is 14.5.